The minimum atomic E-state index is -0.405. The van der Waals surface area contributed by atoms with Crippen LogP contribution in [-0.4, -0.2) is 72.3 Å². The van der Waals surface area contributed by atoms with Gasteiger partial charge < -0.3 is 19.3 Å². The van der Waals surface area contributed by atoms with Gasteiger partial charge >= 0.3 is 11.9 Å². The maximum absolute atomic E-state index is 11.8. The summed E-state index contributed by atoms with van der Waals surface area (Å²) in [5.74, 6) is 0.0688. The molecule has 0 aliphatic heterocycles. The standard InChI is InChI=1S/C17H22N6O4/c1-22(16-18-6-3-7-19-16)12-14(24)26-10-5-11-27-15(25)13-23(2)17-20-8-4-9-21-17/h3-4,6-9H,5,10-13H2,1-2H3. The van der Waals surface area contributed by atoms with Crippen LogP contribution in [0.2, 0.25) is 0 Å². The fourth-order valence-corrected chi connectivity index (χ4v) is 2.03. The Morgan fingerprint density at radius 1 is 0.778 bits per heavy atom. The van der Waals surface area contributed by atoms with Gasteiger partial charge in [0.15, 0.2) is 0 Å². The number of aromatic nitrogens is 4. The molecule has 10 heteroatoms. The van der Waals surface area contributed by atoms with Crippen molar-refractivity contribution < 1.29 is 19.1 Å². The predicted molar refractivity (Wildman–Crippen MR) is 97.1 cm³/mol. The van der Waals surface area contributed by atoms with Crippen molar-refractivity contribution in [1.82, 2.24) is 19.9 Å². The average Bonchev–Trinajstić information content (AvgIpc) is 2.69. The summed E-state index contributed by atoms with van der Waals surface area (Å²) >= 11 is 0. The molecule has 27 heavy (non-hydrogen) atoms. The van der Waals surface area contributed by atoms with E-state index in [4.69, 9.17) is 9.47 Å². The van der Waals surface area contributed by atoms with Crippen LogP contribution in [0.1, 0.15) is 6.42 Å². The molecule has 0 bridgehead atoms. The van der Waals surface area contributed by atoms with Crippen LogP contribution in [-0.2, 0) is 19.1 Å². The Kier molecular flexibility index (Phi) is 7.89. The van der Waals surface area contributed by atoms with E-state index in [9.17, 15) is 9.59 Å². The molecule has 0 amide bonds. The molecule has 0 saturated heterocycles. The molecule has 2 rings (SSSR count). The smallest absolute Gasteiger partial charge is 0.325 e. The molecule has 0 atom stereocenters. The summed E-state index contributed by atoms with van der Waals surface area (Å²) in [7, 11) is 3.40. The van der Waals surface area contributed by atoms with Crippen LogP contribution in [0.3, 0.4) is 0 Å². The Hall–Kier alpha value is -3.30. The number of carbonyl (C=O) groups is 2. The first-order chi connectivity index (χ1) is 13.1. The second-order valence-electron chi connectivity index (χ2n) is 5.60. The zero-order valence-electron chi connectivity index (χ0n) is 15.3. The number of rotatable bonds is 10. The molecule has 0 spiro atoms. The minimum absolute atomic E-state index is 0.0334. The summed E-state index contributed by atoms with van der Waals surface area (Å²) in [6.45, 7) is 0.387. The lowest BCUT2D eigenvalue weighted by Crippen LogP contribution is -2.29. The first-order valence-electron chi connectivity index (χ1n) is 8.34. The van der Waals surface area contributed by atoms with Crippen LogP contribution < -0.4 is 9.80 Å². The molecule has 2 aromatic heterocycles. The van der Waals surface area contributed by atoms with Gasteiger partial charge in [0.05, 0.1) is 13.2 Å². The third-order valence-electron chi connectivity index (χ3n) is 3.33. The second-order valence-corrected chi connectivity index (χ2v) is 5.60. The summed E-state index contributed by atoms with van der Waals surface area (Å²) in [4.78, 5) is 42.9. The Morgan fingerprint density at radius 2 is 1.15 bits per heavy atom. The number of hydrogen-bond donors (Lipinski definition) is 0. The van der Waals surface area contributed by atoms with E-state index in [1.807, 2.05) is 0 Å². The van der Waals surface area contributed by atoms with E-state index in [0.29, 0.717) is 18.3 Å². The summed E-state index contributed by atoms with van der Waals surface area (Å²) in [6, 6.07) is 3.39. The summed E-state index contributed by atoms with van der Waals surface area (Å²) in [5.41, 5.74) is 0. The quantitative estimate of drug-likeness (QED) is 0.426. The molecule has 144 valence electrons. The Balaban J connectivity index is 1.57. The van der Waals surface area contributed by atoms with E-state index in [2.05, 4.69) is 19.9 Å². The van der Waals surface area contributed by atoms with Gasteiger partial charge in [0, 0.05) is 45.3 Å². The SMILES string of the molecule is CN(CC(=O)OCCCOC(=O)CN(C)c1ncccn1)c1ncccn1. The molecule has 0 aliphatic rings. The van der Waals surface area contributed by atoms with Gasteiger partial charge in [-0.15, -0.1) is 0 Å². The van der Waals surface area contributed by atoms with E-state index in [0.717, 1.165) is 0 Å². The van der Waals surface area contributed by atoms with Crippen molar-refractivity contribution in [1.29, 1.82) is 0 Å². The lowest BCUT2D eigenvalue weighted by atomic mass is 10.5. The van der Waals surface area contributed by atoms with Gasteiger partial charge in [-0.25, -0.2) is 19.9 Å². The van der Waals surface area contributed by atoms with E-state index < -0.39 is 11.9 Å². The van der Waals surface area contributed by atoms with Crippen LogP contribution in [0.25, 0.3) is 0 Å². The molecule has 10 nitrogen and oxygen atoms in total. The van der Waals surface area contributed by atoms with E-state index in [1.54, 1.807) is 60.8 Å². The number of ether oxygens (including phenoxy) is 2. The maximum atomic E-state index is 11.8. The van der Waals surface area contributed by atoms with Crippen molar-refractivity contribution in [3.63, 3.8) is 0 Å². The molecule has 2 heterocycles. The Bertz CT molecular complexity index is 654. The number of esters is 2. The molecule has 0 aromatic carbocycles. The molecule has 0 aliphatic carbocycles. The highest BCUT2D eigenvalue weighted by molar-refractivity contribution is 5.75. The van der Waals surface area contributed by atoms with Gasteiger partial charge in [0.1, 0.15) is 13.1 Å². The molecule has 0 fully saturated rings. The van der Waals surface area contributed by atoms with E-state index in [-0.39, 0.29) is 26.3 Å². The van der Waals surface area contributed by atoms with Crippen molar-refractivity contribution in [2.24, 2.45) is 0 Å². The Morgan fingerprint density at radius 3 is 1.52 bits per heavy atom. The number of anilines is 2. The van der Waals surface area contributed by atoms with Crippen LogP contribution in [0.5, 0.6) is 0 Å². The third-order valence-corrected chi connectivity index (χ3v) is 3.33. The van der Waals surface area contributed by atoms with Crippen molar-refractivity contribution in [3.8, 4) is 0 Å². The number of likely N-dealkylation sites (N-methyl/N-ethyl adjacent to an activating group) is 2. The van der Waals surface area contributed by atoms with Crippen molar-refractivity contribution in [2.45, 2.75) is 6.42 Å². The summed E-state index contributed by atoms with van der Waals surface area (Å²) in [5, 5.41) is 0. The first-order valence-corrected chi connectivity index (χ1v) is 8.34. The highest BCUT2D eigenvalue weighted by Gasteiger charge is 2.12. The highest BCUT2D eigenvalue weighted by atomic mass is 16.5. The molecule has 0 saturated carbocycles. The van der Waals surface area contributed by atoms with Gasteiger partial charge in [-0.2, -0.15) is 0 Å². The van der Waals surface area contributed by atoms with Crippen LogP contribution >= 0.6 is 0 Å². The number of hydrogen-bond acceptors (Lipinski definition) is 10. The fourth-order valence-electron chi connectivity index (χ4n) is 2.03. The zero-order valence-corrected chi connectivity index (χ0v) is 15.3. The monoisotopic (exact) mass is 374 g/mol. The van der Waals surface area contributed by atoms with Gasteiger partial charge in [-0.1, -0.05) is 0 Å². The van der Waals surface area contributed by atoms with E-state index >= 15 is 0 Å². The van der Waals surface area contributed by atoms with E-state index in [1.165, 1.54) is 0 Å². The van der Waals surface area contributed by atoms with Crippen molar-refractivity contribution in [2.75, 3.05) is 50.2 Å². The minimum Gasteiger partial charge on any atom is -0.464 e. The molecular formula is C17H22N6O4. The molecule has 0 N–H and O–H groups in total. The largest absolute Gasteiger partial charge is 0.464 e. The van der Waals surface area contributed by atoms with Crippen LogP contribution in [0.4, 0.5) is 11.9 Å². The highest BCUT2D eigenvalue weighted by Crippen LogP contribution is 2.03. The van der Waals surface area contributed by atoms with Crippen molar-refractivity contribution >= 4 is 23.8 Å². The van der Waals surface area contributed by atoms with Gasteiger partial charge in [0.2, 0.25) is 11.9 Å². The van der Waals surface area contributed by atoms with Gasteiger partial charge in [0.25, 0.3) is 0 Å². The lowest BCUT2D eigenvalue weighted by molar-refractivity contribution is -0.144. The van der Waals surface area contributed by atoms with Gasteiger partial charge in [-0.05, 0) is 12.1 Å². The third kappa shape index (κ3) is 7.22. The summed E-state index contributed by atoms with van der Waals surface area (Å²) < 4.78 is 10.2. The lowest BCUT2D eigenvalue weighted by Gasteiger charge is -2.16. The normalized spacial score (nSPS) is 10.1. The maximum Gasteiger partial charge on any atom is 0.325 e. The van der Waals surface area contributed by atoms with Crippen molar-refractivity contribution in [3.05, 3.63) is 36.9 Å². The van der Waals surface area contributed by atoms with Gasteiger partial charge in [-0.3, -0.25) is 9.59 Å². The molecule has 0 radical (unpaired) electrons. The Labute approximate surface area is 157 Å². The zero-order chi connectivity index (χ0) is 19.5. The fraction of sp³-hybridized carbons (Fsp3) is 0.412. The first kappa shape index (κ1) is 20.0. The van der Waals surface area contributed by atoms with Crippen LogP contribution in [0, 0.1) is 0 Å². The second kappa shape index (κ2) is 10.6. The molecule has 0 unspecified atom stereocenters. The number of carbonyl (C=O) groups excluding carboxylic acids is 2. The molecular weight excluding hydrogens is 352 g/mol. The topological polar surface area (TPSA) is 111 Å². The van der Waals surface area contributed by atoms with Crippen LogP contribution in [0.15, 0.2) is 36.9 Å². The number of nitrogens with zero attached hydrogens (tertiary/aromatic N) is 6. The average molecular weight is 374 g/mol. The molecule has 2 aromatic rings. The summed E-state index contributed by atoms with van der Waals surface area (Å²) in [6.07, 6.45) is 6.80. The predicted octanol–water partition coefficient (Wildman–Crippen LogP) is 0.316.